The summed E-state index contributed by atoms with van der Waals surface area (Å²) in [6.45, 7) is 8.62. The smallest absolute Gasteiger partial charge is 0.0414 e. The van der Waals surface area contributed by atoms with Gasteiger partial charge in [-0.3, -0.25) is 0 Å². The first kappa shape index (κ1) is 25.0. The first-order valence-electron chi connectivity index (χ1n) is 12.1. The maximum atomic E-state index is 4.01. The van der Waals surface area contributed by atoms with Crippen LogP contribution < -0.4 is 0 Å². The third-order valence-corrected chi connectivity index (χ3v) is 5.79. The number of unbranched alkanes of at least 4 members (excludes halogenated alkanes) is 15. The van der Waals surface area contributed by atoms with Gasteiger partial charge in [-0.15, -0.1) is 0 Å². The molecule has 0 aromatic carbocycles. The highest BCUT2D eigenvalue weighted by Gasteiger charge is 2.08. The Morgan fingerprint density at radius 3 is 1.12 bits per heavy atom. The van der Waals surface area contributed by atoms with Crippen LogP contribution in [0.1, 0.15) is 149 Å². The average Bonchev–Trinajstić information content (AvgIpc) is 2.62. The van der Waals surface area contributed by atoms with Crippen LogP contribution in [0.3, 0.4) is 0 Å². The van der Waals surface area contributed by atoms with Gasteiger partial charge in [0.15, 0.2) is 0 Å². The van der Waals surface area contributed by atoms with E-state index in [1.807, 2.05) is 0 Å². The average molecular weight is 352 g/mol. The van der Waals surface area contributed by atoms with E-state index >= 15 is 0 Å². The molecule has 151 valence electrons. The van der Waals surface area contributed by atoms with Crippen LogP contribution in [0.25, 0.3) is 0 Å². The van der Waals surface area contributed by atoms with Crippen molar-refractivity contribution in [3.05, 3.63) is 6.92 Å². The van der Waals surface area contributed by atoms with Gasteiger partial charge in [0.1, 0.15) is 0 Å². The van der Waals surface area contributed by atoms with E-state index in [4.69, 9.17) is 0 Å². The van der Waals surface area contributed by atoms with Crippen molar-refractivity contribution < 1.29 is 0 Å². The first-order valence-corrected chi connectivity index (χ1v) is 12.1. The minimum absolute atomic E-state index is 1.02. The molecule has 0 spiro atoms. The molecule has 0 rings (SSSR count). The van der Waals surface area contributed by atoms with Crippen LogP contribution in [-0.2, 0) is 0 Å². The minimum Gasteiger partial charge on any atom is -0.0654 e. The van der Waals surface area contributed by atoms with Crippen molar-refractivity contribution in [2.24, 2.45) is 5.92 Å². The Kier molecular flexibility index (Phi) is 22.0. The van der Waals surface area contributed by atoms with Gasteiger partial charge in [0.25, 0.3) is 0 Å². The lowest BCUT2D eigenvalue weighted by Gasteiger charge is -2.17. The van der Waals surface area contributed by atoms with Crippen molar-refractivity contribution >= 4 is 0 Å². The summed E-state index contributed by atoms with van der Waals surface area (Å²) in [4.78, 5) is 0. The summed E-state index contributed by atoms with van der Waals surface area (Å²) in [5.41, 5.74) is 0. The van der Waals surface area contributed by atoms with E-state index < -0.39 is 0 Å². The maximum Gasteiger partial charge on any atom is -0.0414 e. The van der Waals surface area contributed by atoms with E-state index in [9.17, 15) is 0 Å². The quantitative estimate of drug-likeness (QED) is 0.180. The van der Waals surface area contributed by atoms with E-state index in [1.165, 1.54) is 128 Å². The van der Waals surface area contributed by atoms with Crippen LogP contribution in [0, 0.1) is 12.8 Å². The molecule has 0 nitrogen and oxygen atoms in total. The Balaban J connectivity index is 3.64. The molecule has 0 aliphatic heterocycles. The summed E-state index contributed by atoms with van der Waals surface area (Å²) in [6.07, 6.45) is 30.2. The van der Waals surface area contributed by atoms with E-state index in [0.29, 0.717) is 0 Å². The van der Waals surface area contributed by atoms with Crippen molar-refractivity contribution in [1.29, 1.82) is 0 Å². The van der Waals surface area contributed by atoms with Crippen LogP contribution >= 0.6 is 0 Å². The van der Waals surface area contributed by atoms with E-state index in [0.717, 1.165) is 12.3 Å². The number of hydrogen-bond donors (Lipinski definition) is 0. The van der Waals surface area contributed by atoms with E-state index in [-0.39, 0.29) is 0 Å². The molecule has 0 amide bonds. The Morgan fingerprint density at radius 1 is 0.440 bits per heavy atom. The molecule has 25 heavy (non-hydrogen) atoms. The summed E-state index contributed by atoms with van der Waals surface area (Å²) < 4.78 is 0. The zero-order chi connectivity index (χ0) is 18.4. The fraction of sp³-hybridized carbons (Fsp3) is 0.960. The van der Waals surface area contributed by atoms with Gasteiger partial charge in [-0.1, -0.05) is 156 Å². The lowest BCUT2D eigenvalue weighted by atomic mass is 9.89. The number of hydrogen-bond acceptors (Lipinski definition) is 0. The van der Waals surface area contributed by atoms with Gasteiger partial charge in [0.2, 0.25) is 0 Å². The van der Waals surface area contributed by atoms with Crippen LogP contribution in [0.4, 0.5) is 0 Å². The zero-order valence-corrected chi connectivity index (χ0v) is 18.1. The summed E-state index contributed by atoms with van der Waals surface area (Å²) in [6, 6.07) is 0. The van der Waals surface area contributed by atoms with Crippen molar-refractivity contribution in [3.8, 4) is 0 Å². The molecule has 0 N–H and O–H groups in total. The molecule has 0 bridgehead atoms. The second kappa shape index (κ2) is 22.0. The molecule has 0 saturated heterocycles. The fourth-order valence-electron chi connectivity index (χ4n) is 4.00. The molecule has 1 unspecified atom stereocenters. The van der Waals surface area contributed by atoms with Crippen molar-refractivity contribution in [2.45, 2.75) is 149 Å². The standard InChI is InChI=1S/C25H51/c1-4-7-10-12-14-16-18-21-24-25(22-19-9-6-3)23-20-17-15-13-11-8-5-2/h25H,3-24H2,1-2H3. The zero-order valence-electron chi connectivity index (χ0n) is 18.1. The van der Waals surface area contributed by atoms with Gasteiger partial charge in [0, 0.05) is 0 Å². The van der Waals surface area contributed by atoms with Crippen molar-refractivity contribution in [3.63, 3.8) is 0 Å². The predicted molar refractivity (Wildman–Crippen MR) is 117 cm³/mol. The van der Waals surface area contributed by atoms with Crippen LogP contribution in [0.2, 0.25) is 0 Å². The topological polar surface area (TPSA) is 0 Å². The van der Waals surface area contributed by atoms with Gasteiger partial charge in [0.05, 0.1) is 0 Å². The highest BCUT2D eigenvalue weighted by molar-refractivity contribution is 4.62. The summed E-state index contributed by atoms with van der Waals surface area (Å²) in [5.74, 6) is 1.02. The van der Waals surface area contributed by atoms with Gasteiger partial charge in [-0.05, 0) is 5.92 Å². The maximum absolute atomic E-state index is 4.01. The Hall–Kier alpha value is 0. The molecular weight excluding hydrogens is 300 g/mol. The van der Waals surface area contributed by atoms with E-state index in [2.05, 4.69) is 20.8 Å². The molecule has 0 heteroatoms. The van der Waals surface area contributed by atoms with Crippen LogP contribution in [-0.4, -0.2) is 0 Å². The minimum atomic E-state index is 1.02. The second-order valence-corrected chi connectivity index (χ2v) is 8.39. The Labute approximate surface area is 161 Å². The summed E-state index contributed by atoms with van der Waals surface area (Å²) in [7, 11) is 0. The SMILES string of the molecule is [CH2]CCCCC(CCCCCCCCC)CCCCCCCCCC. The molecule has 0 aromatic rings. The summed E-state index contributed by atoms with van der Waals surface area (Å²) in [5, 5.41) is 0. The van der Waals surface area contributed by atoms with Crippen LogP contribution in [0.5, 0.6) is 0 Å². The van der Waals surface area contributed by atoms with Crippen LogP contribution in [0.15, 0.2) is 0 Å². The molecule has 1 radical (unpaired) electrons. The molecule has 0 fully saturated rings. The number of rotatable bonds is 21. The highest BCUT2D eigenvalue weighted by atomic mass is 14.1. The fourth-order valence-corrected chi connectivity index (χ4v) is 4.00. The van der Waals surface area contributed by atoms with Gasteiger partial charge >= 0.3 is 0 Å². The monoisotopic (exact) mass is 351 g/mol. The first-order chi connectivity index (χ1) is 12.3. The molecule has 0 saturated carbocycles. The van der Waals surface area contributed by atoms with Gasteiger partial charge in [-0.2, -0.15) is 0 Å². The molecule has 0 aliphatic carbocycles. The van der Waals surface area contributed by atoms with E-state index in [1.54, 1.807) is 0 Å². The highest BCUT2D eigenvalue weighted by Crippen LogP contribution is 2.24. The molecule has 0 aliphatic rings. The van der Waals surface area contributed by atoms with Gasteiger partial charge < -0.3 is 0 Å². The third-order valence-electron chi connectivity index (χ3n) is 5.79. The van der Waals surface area contributed by atoms with Crippen molar-refractivity contribution in [1.82, 2.24) is 0 Å². The molecule has 1 atom stereocenters. The second-order valence-electron chi connectivity index (χ2n) is 8.39. The molecule has 0 heterocycles. The lowest BCUT2D eigenvalue weighted by molar-refractivity contribution is 0.368. The molecular formula is C25H51. The normalized spacial score (nSPS) is 12.6. The van der Waals surface area contributed by atoms with Gasteiger partial charge in [-0.25, -0.2) is 0 Å². The Bertz CT molecular complexity index is 220. The third kappa shape index (κ3) is 20.2. The summed E-state index contributed by atoms with van der Waals surface area (Å²) >= 11 is 0. The Morgan fingerprint density at radius 2 is 0.760 bits per heavy atom. The largest absolute Gasteiger partial charge is 0.0654 e. The predicted octanol–water partition coefficient (Wildman–Crippen LogP) is 9.67. The molecule has 0 aromatic heterocycles. The lowest BCUT2D eigenvalue weighted by Crippen LogP contribution is -2.01. The van der Waals surface area contributed by atoms with Crippen molar-refractivity contribution in [2.75, 3.05) is 0 Å².